The van der Waals surface area contributed by atoms with Crippen LogP contribution in [0.2, 0.25) is 0 Å². The highest BCUT2D eigenvalue weighted by molar-refractivity contribution is 5.93. The van der Waals surface area contributed by atoms with Gasteiger partial charge in [0.15, 0.2) is 0 Å². The highest BCUT2D eigenvalue weighted by atomic mass is 16.6. The van der Waals surface area contributed by atoms with Crippen LogP contribution >= 0.6 is 0 Å². The molecule has 1 amide bonds. The number of rotatable bonds is 6. The van der Waals surface area contributed by atoms with E-state index in [0.29, 0.717) is 18.8 Å². The first-order chi connectivity index (χ1) is 9.99. The van der Waals surface area contributed by atoms with Crippen molar-refractivity contribution in [3.8, 4) is 0 Å². The Morgan fingerprint density at radius 2 is 2.33 bits per heavy atom. The molecule has 0 aliphatic heterocycles. The van der Waals surface area contributed by atoms with Crippen molar-refractivity contribution in [2.24, 2.45) is 0 Å². The van der Waals surface area contributed by atoms with Crippen molar-refractivity contribution in [1.29, 1.82) is 0 Å². The van der Waals surface area contributed by atoms with Crippen LogP contribution in [0.15, 0.2) is 18.6 Å². The Morgan fingerprint density at radius 3 is 2.90 bits per heavy atom. The molecular formula is C12H16N6O3. The highest BCUT2D eigenvalue weighted by Crippen LogP contribution is 2.20. The second-order valence-corrected chi connectivity index (χ2v) is 4.78. The third kappa shape index (κ3) is 3.44. The van der Waals surface area contributed by atoms with Gasteiger partial charge in [-0.2, -0.15) is 5.10 Å². The summed E-state index contributed by atoms with van der Waals surface area (Å²) in [6, 6.07) is 1.23. The summed E-state index contributed by atoms with van der Waals surface area (Å²) in [7, 11) is 0. The molecule has 0 saturated carbocycles. The molecule has 9 heteroatoms. The van der Waals surface area contributed by atoms with Crippen LogP contribution in [0.4, 0.5) is 5.69 Å². The van der Waals surface area contributed by atoms with Crippen LogP contribution in [0.25, 0.3) is 0 Å². The van der Waals surface area contributed by atoms with Crippen LogP contribution in [-0.2, 0) is 6.42 Å². The van der Waals surface area contributed by atoms with E-state index in [4.69, 9.17) is 0 Å². The van der Waals surface area contributed by atoms with Gasteiger partial charge in [0, 0.05) is 25.1 Å². The van der Waals surface area contributed by atoms with Gasteiger partial charge in [0.2, 0.25) is 0 Å². The number of aromatic amines is 1. The van der Waals surface area contributed by atoms with E-state index in [-0.39, 0.29) is 23.3 Å². The number of hydrogen-bond donors (Lipinski definition) is 2. The minimum absolute atomic E-state index is 0.0475. The summed E-state index contributed by atoms with van der Waals surface area (Å²) < 4.78 is 1.59. The summed E-state index contributed by atoms with van der Waals surface area (Å²) in [4.78, 5) is 26.4. The predicted molar refractivity (Wildman–Crippen MR) is 73.9 cm³/mol. The second kappa shape index (κ2) is 6.16. The van der Waals surface area contributed by atoms with E-state index in [1.54, 1.807) is 4.57 Å². The molecular weight excluding hydrogens is 276 g/mol. The van der Waals surface area contributed by atoms with Gasteiger partial charge in [-0.25, -0.2) is 4.98 Å². The van der Waals surface area contributed by atoms with Gasteiger partial charge in [-0.05, 0) is 13.8 Å². The normalized spacial score (nSPS) is 10.8. The number of carbonyl (C=O) groups is 1. The molecule has 0 aromatic carbocycles. The van der Waals surface area contributed by atoms with Crippen LogP contribution in [0.5, 0.6) is 0 Å². The SMILES string of the molecule is CC(C)n1cc([N+](=O)[O-])cc1C(=O)NCCc1ncn[nH]1. The number of nitrogens with one attached hydrogen (secondary N) is 2. The number of nitro groups is 1. The van der Waals surface area contributed by atoms with Gasteiger partial charge in [-0.1, -0.05) is 0 Å². The zero-order chi connectivity index (χ0) is 15.4. The lowest BCUT2D eigenvalue weighted by Crippen LogP contribution is -2.28. The van der Waals surface area contributed by atoms with Crippen LogP contribution < -0.4 is 5.32 Å². The zero-order valence-corrected chi connectivity index (χ0v) is 11.7. The van der Waals surface area contributed by atoms with E-state index in [0.717, 1.165) is 0 Å². The van der Waals surface area contributed by atoms with Crippen molar-refractivity contribution < 1.29 is 9.72 Å². The van der Waals surface area contributed by atoms with Crippen molar-refractivity contribution in [2.45, 2.75) is 26.3 Å². The summed E-state index contributed by atoms with van der Waals surface area (Å²) in [5, 5.41) is 19.9. The number of hydrogen-bond acceptors (Lipinski definition) is 5. The molecule has 2 N–H and O–H groups in total. The maximum absolute atomic E-state index is 12.1. The maximum atomic E-state index is 12.1. The van der Waals surface area contributed by atoms with Crippen LogP contribution in [0, 0.1) is 10.1 Å². The number of H-pyrrole nitrogens is 1. The summed E-state index contributed by atoms with van der Waals surface area (Å²) in [5.74, 6) is 0.317. The largest absolute Gasteiger partial charge is 0.350 e. The Hall–Kier alpha value is -2.71. The van der Waals surface area contributed by atoms with Gasteiger partial charge in [-0.3, -0.25) is 20.0 Å². The Kier molecular flexibility index (Phi) is 4.31. The molecule has 9 nitrogen and oxygen atoms in total. The smallest absolute Gasteiger partial charge is 0.287 e. The molecule has 0 spiro atoms. The van der Waals surface area contributed by atoms with Crippen LogP contribution in [-0.4, -0.2) is 37.1 Å². The van der Waals surface area contributed by atoms with Crippen LogP contribution in [0.3, 0.4) is 0 Å². The van der Waals surface area contributed by atoms with E-state index in [9.17, 15) is 14.9 Å². The summed E-state index contributed by atoms with van der Waals surface area (Å²) in [5.41, 5.74) is 0.179. The minimum Gasteiger partial charge on any atom is -0.350 e. The molecule has 0 aliphatic carbocycles. The monoisotopic (exact) mass is 292 g/mol. The fourth-order valence-electron chi connectivity index (χ4n) is 1.91. The van der Waals surface area contributed by atoms with E-state index >= 15 is 0 Å². The lowest BCUT2D eigenvalue weighted by Gasteiger charge is -2.11. The Morgan fingerprint density at radius 1 is 1.57 bits per heavy atom. The first kappa shape index (κ1) is 14.7. The zero-order valence-electron chi connectivity index (χ0n) is 11.7. The maximum Gasteiger partial charge on any atom is 0.287 e. The van der Waals surface area contributed by atoms with Gasteiger partial charge < -0.3 is 9.88 Å². The molecule has 2 aromatic rings. The quantitative estimate of drug-likeness (QED) is 0.609. The number of carbonyl (C=O) groups excluding carboxylic acids is 1. The average Bonchev–Trinajstić information content (AvgIpc) is 3.07. The summed E-state index contributed by atoms with van der Waals surface area (Å²) >= 11 is 0. The second-order valence-electron chi connectivity index (χ2n) is 4.78. The summed E-state index contributed by atoms with van der Waals surface area (Å²) in [6.45, 7) is 4.08. The molecule has 21 heavy (non-hydrogen) atoms. The van der Waals surface area contributed by atoms with Crippen molar-refractivity contribution in [2.75, 3.05) is 6.54 Å². The van der Waals surface area contributed by atoms with Crippen molar-refractivity contribution in [3.63, 3.8) is 0 Å². The number of amides is 1. The third-order valence-corrected chi connectivity index (χ3v) is 2.95. The highest BCUT2D eigenvalue weighted by Gasteiger charge is 2.20. The molecule has 0 unspecified atom stereocenters. The van der Waals surface area contributed by atoms with Gasteiger partial charge >= 0.3 is 0 Å². The molecule has 0 saturated heterocycles. The Balaban J connectivity index is 2.05. The molecule has 0 radical (unpaired) electrons. The van der Waals surface area contributed by atoms with E-state index in [1.165, 1.54) is 18.6 Å². The third-order valence-electron chi connectivity index (χ3n) is 2.95. The fourth-order valence-corrected chi connectivity index (χ4v) is 1.91. The fraction of sp³-hybridized carbons (Fsp3) is 0.417. The van der Waals surface area contributed by atoms with Gasteiger partial charge in [0.25, 0.3) is 11.6 Å². The van der Waals surface area contributed by atoms with Crippen molar-refractivity contribution >= 4 is 11.6 Å². The van der Waals surface area contributed by atoms with Crippen LogP contribution in [0.1, 0.15) is 36.2 Å². The molecule has 0 atom stereocenters. The molecule has 2 rings (SSSR count). The predicted octanol–water partition coefficient (Wildman–Crippen LogP) is 1.07. The first-order valence-corrected chi connectivity index (χ1v) is 6.47. The molecule has 0 fully saturated rings. The van der Waals surface area contributed by atoms with Gasteiger partial charge in [0.05, 0.1) is 11.1 Å². The first-order valence-electron chi connectivity index (χ1n) is 6.47. The molecule has 2 aromatic heterocycles. The number of aromatic nitrogens is 4. The topological polar surface area (TPSA) is 119 Å². The van der Waals surface area contributed by atoms with E-state index < -0.39 is 4.92 Å². The van der Waals surface area contributed by atoms with Crippen molar-refractivity contribution in [3.05, 3.63) is 40.2 Å². The Bertz CT molecular complexity index is 631. The standard InChI is InChI=1S/C12H16N6O3/c1-8(2)17-6-9(18(20)21)5-10(17)12(19)13-4-3-11-14-7-15-16-11/h5-8H,3-4H2,1-2H3,(H,13,19)(H,14,15,16). The van der Waals surface area contributed by atoms with Gasteiger partial charge in [-0.15, -0.1) is 0 Å². The Labute approximate surface area is 120 Å². The van der Waals surface area contributed by atoms with E-state index in [1.807, 2.05) is 13.8 Å². The molecule has 112 valence electrons. The van der Waals surface area contributed by atoms with Gasteiger partial charge in [0.1, 0.15) is 17.8 Å². The molecule has 2 heterocycles. The lowest BCUT2D eigenvalue weighted by atomic mass is 10.3. The van der Waals surface area contributed by atoms with Crippen molar-refractivity contribution in [1.82, 2.24) is 25.1 Å². The lowest BCUT2D eigenvalue weighted by molar-refractivity contribution is -0.384. The molecule has 0 aliphatic rings. The minimum atomic E-state index is -0.510. The van der Waals surface area contributed by atoms with E-state index in [2.05, 4.69) is 20.5 Å². The average molecular weight is 292 g/mol. The number of nitrogens with zero attached hydrogens (tertiary/aromatic N) is 4. The molecule has 0 bridgehead atoms. The summed E-state index contributed by atoms with van der Waals surface area (Å²) in [6.07, 6.45) is 3.27.